The van der Waals surface area contributed by atoms with Gasteiger partial charge in [-0.2, -0.15) is 0 Å². The number of nitrogens with one attached hydrogen (secondary N) is 1. The van der Waals surface area contributed by atoms with Crippen LogP contribution in [0.2, 0.25) is 5.02 Å². The Morgan fingerprint density at radius 3 is 2.60 bits per heavy atom. The highest BCUT2D eigenvalue weighted by Crippen LogP contribution is 2.15. The molecule has 0 aliphatic rings. The van der Waals surface area contributed by atoms with E-state index in [2.05, 4.69) is 36.5 Å². The summed E-state index contributed by atoms with van der Waals surface area (Å²) in [5.74, 6) is 0. The topological polar surface area (TPSA) is 12.0 Å². The number of hydrogen-bond acceptors (Lipinski definition) is 1. The number of rotatable bonds is 5. The molecule has 0 radical (unpaired) electrons. The lowest BCUT2D eigenvalue weighted by atomic mass is 10.1. The lowest BCUT2D eigenvalue weighted by Gasteiger charge is -2.13. The van der Waals surface area contributed by atoms with Crippen LogP contribution < -0.4 is 5.32 Å². The summed E-state index contributed by atoms with van der Waals surface area (Å²) in [5, 5.41) is 4.25. The summed E-state index contributed by atoms with van der Waals surface area (Å²) in [6, 6.07) is 8.38. The second kappa shape index (κ2) is 6.65. The van der Waals surface area contributed by atoms with E-state index < -0.39 is 0 Å². The molecule has 0 bridgehead atoms. The molecule has 0 heterocycles. The fraction of sp³-hybridized carbons (Fsp3) is 0.385. The molecule has 0 saturated carbocycles. The molecule has 15 heavy (non-hydrogen) atoms. The molecule has 0 saturated heterocycles. The predicted molar refractivity (Wildman–Crippen MR) is 67.3 cm³/mol. The monoisotopic (exact) mass is 223 g/mol. The standard InChI is InChI=1S/C13H18ClN/c1-3-4-5-10-15-11(2)12-6-8-13(14)9-7-12/h3-4,6-9,11,15H,5,10H2,1-2H3/b4-3+. The molecule has 1 aromatic carbocycles. The number of allylic oxidation sites excluding steroid dienone is 1. The van der Waals surface area contributed by atoms with Gasteiger partial charge in [0.2, 0.25) is 0 Å². The van der Waals surface area contributed by atoms with Gasteiger partial charge in [0.15, 0.2) is 0 Å². The second-order valence-corrected chi connectivity index (χ2v) is 4.02. The van der Waals surface area contributed by atoms with Gasteiger partial charge in [-0.1, -0.05) is 35.9 Å². The molecule has 2 heteroatoms. The quantitative estimate of drug-likeness (QED) is 0.589. The van der Waals surface area contributed by atoms with Gasteiger partial charge in [-0.15, -0.1) is 0 Å². The molecule has 1 N–H and O–H groups in total. The Bertz CT molecular complexity index is 303. The average Bonchev–Trinajstić information content (AvgIpc) is 2.25. The first kappa shape index (κ1) is 12.3. The summed E-state index contributed by atoms with van der Waals surface area (Å²) in [5.41, 5.74) is 1.28. The predicted octanol–water partition coefficient (Wildman–Crippen LogP) is 3.96. The van der Waals surface area contributed by atoms with Crippen LogP contribution in [0.4, 0.5) is 0 Å². The second-order valence-electron chi connectivity index (χ2n) is 3.59. The molecule has 1 aromatic rings. The van der Waals surface area contributed by atoms with Crippen LogP contribution in [0.3, 0.4) is 0 Å². The van der Waals surface area contributed by atoms with E-state index in [0.29, 0.717) is 6.04 Å². The molecule has 0 aliphatic heterocycles. The molecule has 1 atom stereocenters. The minimum absolute atomic E-state index is 0.382. The van der Waals surface area contributed by atoms with Gasteiger partial charge in [0.05, 0.1) is 0 Å². The SMILES string of the molecule is C/C=C/CCNC(C)c1ccc(Cl)cc1. The van der Waals surface area contributed by atoms with Gasteiger partial charge < -0.3 is 5.32 Å². The summed E-state index contributed by atoms with van der Waals surface area (Å²) in [7, 11) is 0. The van der Waals surface area contributed by atoms with Crippen LogP contribution >= 0.6 is 11.6 Å². The maximum Gasteiger partial charge on any atom is 0.0406 e. The normalized spacial score (nSPS) is 13.3. The average molecular weight is 224 g/mol. The van der Waals surface area contributed by atoms with E-state index in [4.69, 9.17) is 11.6 Å². The molecule has 0 fully saturated rings. The van der Waals surface area contributed by atoms with E-state index >= 15 is 0 Å². The van der Waals surface area contributed by atoms with Crippen molar-refractivity contribution in [3.63, 3.8) is 0 Å². The van der Waals surface area contributed by atoms with Crippen LogP contribution in [0.5, 0.6) is 0 Å². The van der Waals surface area contributed by atoms with Gasteiger partial charge in [-0.3, -0.25) is 0 Å². The molecule has 0 spiro atoms. The van der Waals surface area contributed by atoms with Crippen molar-refractivity contribution in [1.29, 1.82) is 0 Å². The molecule has 0 amide bonds. The van der Waals surface area contributed by atoms with Crippen LogP contribution in [0, 0.1) is 0 Å². The zero-order chi connectivity index (χ0) is 11.1. The molecule has 0 aliphatic carbocycles. The minimum atomic E-state index is 0.382. The van der Waals surface area contributed by atoms with Crippen LogP contribution in [0.25, 0.3) is 0 Å². The number of benzene rings is 1. The van der Waals surface area contributed by atoms with Crippen molar-refractivity contribution in [3.8, 4) is 0 Å². The van der Waals surface area contributed by atoms with E-state index in [1.807, 2.05) is 19.1 Å². The molecular weight excluding hydrogens is 206 g/mol. The summed E-state index contributed by atoms with van der Waals surface area (Å²) >= 11 is 5.83. The van der Waals surface area contributed by atoms with Crippen molar-refractivity contribution >= 4 is 11.6 Å². The Morgan fingerprint density at radius 1 is 1.33 bits per heavy atom. The lowest BCUT2D eigenvalue weighted by Crippen LogP contribution is -2.19. The number of halogens is 1. The van der Waals surface area contributed by atoms with Crippen molar-refractivity contribution in [2.24, 2.45) is 0 Å². The molecule has 0 aromatic heterocycles. The third kappa shape index (κ3) is 4.50. The molecule has 1 nitrogen and oxygen atoms in total. The van der Waals surface area contributed by atoms with Gasteiger partial charge in [0, 0.05) is 11.1 Å². The first-order valence-electron chi connectivity index (χ1n) is 5.34. The highest BCUT2D eigenvalue weighted by atomic mass is 35.5. The third-order valence-corrected chi connectivity index (χ3v) is 2.62. The van der Waals surface area contributed by atoms with Gasteiger partial charge in [0.25, 0.3) is 0 Å². The van der Waals surface area contributed by atoms with E-state index in [1.165, 1.54) is 5.56 Å². The fourth-order valence-corrected chi connectivity index (χ4v) is 1.55. The Labute approximate surface area is 97.1 Å². The molecule has 82 valence electrons. The summed E-state index contributed by atoms with van der Waals surface area (Å²) < 4.78 is 0. The Balaban J connectivity index is 2.39. The van der Waals surface area contributed by atoms with Crippen LogP contribution in [-0.2, 0) is 0 Å². The van der Waals surface area contributed by atoms with Crippen molar-refractivity contribution in [2.75, 3.05) is 6.54 Å². The Kier molecular flexibility index (Phi) is 5.44. The summed E-state index contributed by atoms with van der Waals surface area (Å²) in [6.45, 7) is 5.22. The van der Waals surface area contributed by atoms with Crippen LogP contribution in [0.1, 0.15) is 31.9 Å². The third-order valence-electron chi connectivity index (χ3n) is 2.37. The van der Waals surface area contributed by atoms with Crippen molar-refractivity contribution in [1.82, 2.24) is 5.32 Å². The summed E-state index contributed by atoms with van der Waals surface area (Å²) in [6.07, 6.45) is 5.32. The summed E-state index contributed by atoms with van der Waals surface area (Å²) in [4.78, 5) is 0. The molecular formula is C13H18ClN. The van der Waals surface area contributed by atoms with E-state index in [-0.39, 0.29) is 0 Å². The van der Waals surface area contributed by atoms with Crippen LogP contribution in [-0.4, -0.2) is 6.54 Å². The Hall–Kier alpha value is -0.790. The van der Waals surface area contributed by atoms with Crippen molar-refractivity contribution in [2.45, 2.75) is 26.3 Å². The van der Waals surface area contributed by atoms with Crippen LogP contribution in [0.15, 0.2) is 36.4 Å². The maximum atomic E-state index is 5.83. The highest BCUT2D eigenvalue weighted by Gasteiger charge is 2.02. The zero-order valence-electron chi connectivity index (χ0n) is 9.33. The van der Waals surface area contributed by atoms with Gasteiger partial charge in [-0.05, 0) is 44.5 Å². The molecule has 1 rings (SSSR count). The van der Waals surface area contributed by atoms with Gasteiger partial charge in [-0.25, -0.2) is 0 Å². The van der Waals surface area contributed by atoms with Crippen molar-refractivity contribution in [3.05, 3.63) is 47.0 Å². The number of hydrogen-bond donors (Lipinski definition) is 1. The van der Waals surface area contributed by atoms with Crippen molar-refractivity contribution < 1.29 is 0 Å². The molecule has 1 unspecified atom stereocenters. The lowest BCUT2D eigenvalue weighted by molar-refractivity contribution is 0.581. The Morgan fingerprint density at radius 2 is 2.00 bits per heavy atom. The first-order valence-corrected chi connectivity index (χ1v) is 5.72. The highest BCUT2D eigenvalue weighted by molar-refractivity contribution is 6.30. The van der Waals surface area contributed by atoms with Gasteiger partial charge in [0.1, 0.15) is 0 Å². The van der Waals surface area contributed by atoms with E-state index in [1.54, 1.807) is 0 Å². The van der Waals surface area contributed by atoms with Gasteiger partial charge >= 0.3 is 0 Å². The van der Waals surface area contributed by atoms with E-state index in [9.17, 15) is 0 Å². The largest absolute Gasteiger partial charge is 0.310 e. The smallest absolute Gasteiger partial charge is 0.0406 e. The zero-order valence-corrected chi connectivity index (χ0v) is 10.1. The fourth-order valence-electron chi connectivity index (χ4n) is 1.42. The minimum Gasteiger partial charge on any atom is -0.310 e. The van der Waals surface area contributed by atoms with E-state index in [0.717, 1.165) is 18.0 Å². The first-order chi connectivity index (χ1) is 7.24. The maximum absolute atomic E-state index is 5.83.